The van der Waals surface area contributed by atoms with Crippen LogP contribution in [-0.4, -0.2) is 17.1 Å². The molecule has 0 aliphatic heterocycles. The number of nitrogens with zero attached hydrogens (tertiary/aromatic N) is 2. The third-order valence-corrected chi connectivity index (χ3v) is 3.98. The molecule has 1 aromatic heterocycles. The van der Waals surface area contributed by atoms with Crippen LogP contribution in [0.15, 0.2) is 29.6 Å². The summed E-state index contributed by atoms with van der Waals surface area (Å²) in [6.07, 6.45) is 0.316. The average molecular weight is 276 g/mol. The third kappa shape index (κ3) is 3.33. The first-order valence-corrected chi connectivity index (χ1v) is 7.39. The minimum Gasteiger partial charge on any atom is -0.388 e. The van der Waals surface area contributed by atoms with Gasteiger partial charge in [-0.05, 0) is 19.4 Å². The Morgan fingerprint density at radius 1 is 1.37 bits per heavy atom. The van der Waals surface area contributed by atoms with Gasteiger partial charge in [-0.2, -0.15) is 0 Å². The van der Waals surface area contributed by atoms with Crippen molar-refractivity contribution in [3.63, 3.8) is 0 Å². The number of hydrogen-bond donors (Lipinski definition) is 1. The van der Waals surface area contributed by atoms with Crippen molar-refractivity contribution in [2.24, 2.45) is 0 Å². The quantitative estimate of drug-likeness (QED) is 0.907. The highest BCUT2D eigenvalue weighted by atomic mass is 32.1. The maximum Gasteiger partial charge on any atom is 0.0898 e. The van der Waals surface area contributed by atoms with E-state index in [1.807, 2.05) is 45.2 Å². The molecule has 0 aliphatic rings. The summed E-state index contributed by atoms with van der Waals surface area (Å²) in [5.41, 5.74) is 3.13. The zero-order valence-corrected chi connectivity index (χ0v) is 12.4. The Bertz CT molecular complexity index is 538. The lowest BCUT2D eigenvalue weighted by Crippen LogP contribution is -2.19. The molecule has 1 heterocycles. The molecule has 0 unspecified atom stereocenters. The topological polar surface area (TPSA) is 36.4 Å². The molecule has 0 radical (unpaired) electrons. The maximum atomic E-state index is 10.1. The summed E-state index contributed by atoms with van der Waals surface area (Å²) in [5, 5.41) is 13.3. The predicted molar refractivity (Wildman–Crippen MR) is 80.7 cm³/mol. The first kappa shape index (κ1) is 14.0. The van der Waals surface area contributed by atoms with Crippen molar-refractivity contribution in [3.05, 3.63) is 45.9 Å². The lowest BCUT2D eigenvalue weighted by atomic mass is 10.0. The second kappa shape index (κ2) is 6.17. The summed E-state index contributed by atoms with van der Waals surface area (Å²) >= 11 is 1.67. The Morgan fingerprint density at radius 2 is 2.11 bits per heavy atom. The van der Waals surface area contributed by atoms with Crippen molar-refractivity contribution < 1.29 is 5.11 Å². The fraction of sp³-hybridized carbons (Fsp3) is 0.400. The summed E-state index contributed by atoms with van der Waals surface area (Å²) < 4.78 is 0. The van der Waals surface area contributed by atoms with E-state index in [9.17, 15) is 5.11 Å². The lowest BCUT2D eigenvalue weighted by molar-refractivity contribution is 0.174. The molecule has 19 heavy (non-hydrogen) atoms. The van der Waals surface area contributed by atoms with Gasteiger partial charge in [-0.1, -0.05) is 25.1 Å². The molecule has 0 bridgehead atoms. The zero-order valence-electron chi connectivity index (χ0n) is 11.6. The minimum absolute atomic E-state index is 0.407. The molecule has 0 amide bonds. The van der Waals surface area contributed by atoms with Gasteiger partial charge in [0.2, 0.25) is 0 Å². The SMILES string of the molecule is CC[C@H](O)c1ccccc1N(C)Cc1csc(C)n1. The molecule has 2 rings (SSSR count). The van der Waals surface area contributed by atoms with Crippen molar-refractivity contribution in [2.45, 2.75) is 32.9 Å². The molecule has 0 fully saturated rings. The fourth-order valence-corrected chi connectivity index (χ4v) is 2.75. The second-order valence-electron chi connectivity index (χ2n) is 4.70. The molecule has 0 aliphatic carbocycles. The number of rotatable bonds is 5. The molecule has 0 saturated carbocycles. The first-order chi connectivity index (χ1) is 9.11. The molecule has 1 atom stereocenters. The molecule has 4 heteroatoms. The van der Waals surface area contributed by atoms with Gasteiger partial charge in [0.05, 0.1) is 23.4 Å². The summed E-state index contributed by atoms with van der Waals surface area (Å²) in [6, 6.07) is 8.02. The number of hydrogen-bond acceptors (Lipinski definition) is 4. The molecule has 0 spiro atoms. The van der Waals surface area contributed by atoms with Crippen LogP contribution < -0.4 is 4.90 Å². The van der Waals surface area contributed by atoms with E-state index >= 15 is 0 Å². The number of aliphatic hydroxyl groups excluding tert-OH is 1. The van der Waals surface area contributed by atoms with Crippen molar-refractivity contribution in [3.8, 4) is 0 Å². The van der Waals surface area contributed by atoms with Crippen LogP contribution >= 0.6 is 11.3 Å². The number of benzene rings is 1. The van der Waals surface area contributed by atoms with Crippen LogP contribution in [0, 0.1) is 6.92 Å². The van der Waals surface area contributed by atoms with Crippen molar-refractivity contribution in [2.75, 3.05) is 11.9 Å². The summed E-state index contributed by atoms with van der Waals surface area (Å²) in [7, 11) is 2.04. The molecular formula is C15H20N2OS. The number of aromatic nitrogens is 1. The van der Waals surface area contributed by atoms with E-state index in [0.29, 0.717) is 0 Å². The maximum absolute atomic E-state index is 10.1. The van der Waals surface area contributed by atoms with Crippen molar-refractivity contribution in [1.29, 1.82) is 0 Å². The molecule has 1 aromatic carbocycles. The highest BCUT2D eigenvalue weighted by Crippen LogP contribution is 2.28. The Hall–Kier alpha value is -1.39. The van der Waals surface area contributed by atoms with E-state index in [1.165, 1.54) is 0 Å². The van der Waals surface area contributed by atoms with Gasteiger partial charge >= 0.3 is 0 Å². The molecular weight excluding hydrogens is 256 g/mol. The molecule has 1 N–H and O–H groups in total. The van der Waals surface area contributed by atoms with E-state index < -0.39 is 6.10 Å². The smallest absolute Gasteiger partial charge is 0.0898 e. The summed E-state index contributed by atoms with van der Waals surface area (Å²) in [4.78, 5) is 6.63. The number of anilines is 1. The van der Waals surface area contributed by atoms with Gasteiger partial charge in [-0.25, -0.2) is 4.98 Å². The molecule has 3 nitrogen and oxygen atoms in total. The second-order valence-corrected chi connectivity index (χ2v) is 5.76. The first-order valence-electron chi connectivity index (χ1n) is 6.51. The van der Waals surface area contributed by atoms with E-state index in [2.05, 4.69) is 15.3 Å². The van der Waals surface area contributed by atoms with Crippen LogP contribution in [-0.2, 0) is 6.54 Å². The number of thiazole rings is 1. The Balaban J connectivity index is 2.21. The Labute approximate surface area is 118 Å². The summed E-state index contributed by atoms with van der Waals surface area (Å²) in [5.74, 6) is 0. The highest BCUT2D eigenvalue weighted by molar-refractivity contribution is 7.09. The third-order valence-electron chi connectivity index (χ3n) is 3.16. The van der Waals surface area contributed by atoms with Gasteiger partial charge in [-0.3, -0.25) is 0 Å². The van der Waals surface area contributed by atoms with Gasteiger partial charge in [0, 0.05) is 23.7 Å². The average Bonchev–Trinajstić information content (AvgIpc) is 2.83. The predicted octanol–water partition coefficient (Wildman–Crippen LogP) is 3.53. The van der Waals surface area contributed by atoms with Crippen LogP contribution in [0.4, 0.5) is 5.69 Å². The Morgan fingerprint density at radius 3 is 2.74 bits per heavy atom. The van der Waals surface area contributed by atoms with Gasteiger partial charge in [0.15, 0.2) is 0 Å². The Kier molecular flexibility index (Phi) is 4.56. The number of aryl methyl sites for hydroxylation is 1. The monoisotopic (exact) mass is 276 g/mol. The van der Waals surface area contributed by atoms with Crippen LogP contribution in [0.25, 0.3) is 0 Å². The van der Waals surface area contributed by atoms with Crippen molar-refractivity contribution in [1.82, 2.24) is 4.98 Å². The standard InChI is InChI=1S/C15H20N2OS/c1-4-15(18)13-7-5-6-8-14(13)17(3)9-12-10-19-11(2)16-12/h5-8,10,15,18H,4,9H2,1-3H3/t15-/m0/s1. The summed E-state index contributed by atoms with van der Waals surface area (Å²) in [6.45, 7) is 4.77. The van der Waals surface area contributed by atoms with E-state index in [0.717, 1.165) is 34.9 Å². The number of para-hydroxylation sites is 1. The van der Waals surface area contributed by atoms with Crippen LogP contribution in [0.2, 0.25) is 0 Å². The molecule has 102 valence electrons. The van der Waals surface area contributed by atoms with Crippen LogP contribution in [0.5, 0.6) is 0 Å². The minimum atomic E-state index is -0.407. The van der Waals surface area contributed by atoms with E-state index in [1.54, 1.807) is 11.3 Å². The van der Waals surface area contributed by atoms with E-state index in [4.69, 9.17) is 0 Å². The lowest BCUT2D eigenvalue weighted by Gasteiger charge is -2.23. The van der Waals surface area contributed by atoms with Crippen molar-refractivity contribution >= 4 is 17.0 Å². The largest absolute Gasteiger partial charge is 0.388 e. The van der Waals surface area contributed by atoms with E-state index in [-0.39, 0.29) is 0 Å². The number of aliphatic hydroxyl groups is 1. The fourth-order valence-electron chi connectivity index (χ4n) is 2.15. The van der Waals surface area contributed by atoms with Gasteiger partial charge in [-0.15, -0.1) is 11.3 Å². The normalized spacial score (nSPS) is 12.4. The van der Waals surface area contributed by atoms with Gasteiger partial charge < -0.3 is 10.0 Å². The molecule has 2 aromatic rings. The van der Waals surface area contributed by atoms with Crippen LogP contribution in [0.3, 0.4) is 0 Å². The van der Waals surface area contributed by atoms with Gasteiger partial charge in [0.25, 0.3) is 0 Å². The van der Waals surface area contributed by atoms with Gasteiger partial charge in [0.1, 0.15) is 0 Å². The highest BCUT2D eigenvalue weighted by Gasteiger charge is 2.13. The molecule has 0 saturated heterocycles. The van der Waals surface area contributed by atoms with Crippen LogP contribution in [0.1, 0.15) is 35.7 Å². The zero-order chi connectivity index (χ0) is 13.8.